The van der Waals surface area contributed by atoms with Crippen LogP contribution in [0.15, 0.2) is 18.2 Å². The van der Waals surface area contributed by atoms with Crippen molar-refractivity contribution in [3.63, 3.8) is 0 Å². The standard InChI is InChI=1S/C14H20N2S/c1-9-4-5-12(14(15)17)13(6-9)16-7-10(2)11(3)8-16/h4-6,10-11H,7-8H2,1-3H3,(H2,15,17). The van der Waals surface area contributed by atoms with Gasteiger partial charge in [0.25, 0.3) is 0 Å². The summed E-state index contributed by atoms with van der Waals surface area (Å²) in [7, 11) is 0. The van der Waals surface area contributed by atoms with Gasteiger partial charge in [0.2, 0.25) is 0 Å². The molecule has 1 aliphatic heterocycles. The van der Waals surface area contributed by atoms with Gasteiger partial charge < -0.3 is 10.6 Å². The third kappa shape index (κ3) is 2.44. The first-order valence-electron chi connectivity index (χ1n) is 6.14. The van der Waals surface area contributed by atoms with Gasteiger partial charge in [0.05, 0.1) is 0 Å². The number of rotatable bonds is 2. The van der Waals surface area contributed by atoms with E-state index in [0.717, 1.165) is 30.5 Å². The second-order valence-corrected chi connectivity index (χ2v) is 5.68. The van der Waals surface area contributed by atoms with E-state index in [1.54, 1.807) is 0 Å². The highest BCUT2D eigenvalue weighted by Crippen LogP contribution is 2.30. The molecule has 0 saturated carbocycles. The number of benzene rings is 1. The summed E-state index contributed by atoms with van der Waals surface area (Å²) in [6.45, 7) is 8.91. The number of thiocarbonyl (C=S) groups is 1. The molecule has 1 fully saturated rings. The van der Waals surface area contributed by atoms with Crippen LogP contribution in [0.4, 0.5) is 5.69 Å². The van der Waals surface area contributed by atoms with E-state index < -0.39 is 0 Å². The molecule has 1 aromatic rings. The first-order chi connectivity index (χ1) is 7.99. The Balaban J connectivity index is 2.37. The smallest absolute Gasteiger partial charge is 0.106 e. The third-order valence-corrected chi connectivity index (χ3v) is 3.97. The van der Waals surface area contributed by atoms with Crippen LogP contribution in [0.3, 0.4) is 0 Å². The lowest BCUT2D eigenvalue weighted by molar-refractivity contribution is 0.494. The van der Waals surface area contributed by atoms with Crippen LogP contribution in [0.1, 0.15) is 25.0 Å². The maximum atomic E-state index is 5.81. The molecule has 0 spiro atoms. The van der Waals surface area contributed by atoms with Crippen molar-refractivity contribution in [2.75, 3.05) is 18.0 Å². The van der Waals surface area contributed by atoms with Gasteiger partial charge >= 0.3 is 0 Å². The van der Waals surface area contributed by atoms with Crippen molar-refractivity contribution < 1.29 is 0 Å². The normalized spacial score (nSPS) is 24.1. The molecule has 2 rings (SSSR count). The molecular formula is C14H20N2S. The van der Waals surface area contributed by atoms with Crippen molar-refractivity contribution in [3.8, 4) is 0 Å². The lowest BCUT2D eigenvalue weighted by Crippen LogP contribution is -2.24. The maximum absolute atomic E-state index is 5.81. The van der Waals surface area contributed by atoms with Crippen LogP contribution in [0.5, 0.6) is 0 Å². The van der Waals surface area contributed by atoms with Gasteiger partial charge in [-0.3, -0.25) is 0 Å². The largest absolute Gasteiger partial charge is 0.389 e. The maximum Gasteiger partial charge on any atom is 0.106 e. The Labute approximate surface area is 109 Å². The van der Waals surface area contributed by atoms with E-state index >= 15 is 0 Å². The predicted molar refractivity (Wildman–Crippen MR) is 77.6 cm³/mol. The van der Waals surface area contributed by atoms with Gasteiger partial charge in [-0.25, -0.2) is 0 Å². The highest BCUT2D eigenvalue weighted by atomic mass is 32.1. The molecule has 0 radical (unpaired) electrons. The van der Waals surface area contributed by atoms with Crippen LogP contribution >= 0.6 is 12.2 Å². The summed E-state index contributed by atoms with van der Waals surface area (Å²) >= 11 is 5.14. The highest BCUT2D eigenvalue weighted by molar-refractivity contribution is 7.80. The Kier molecular flexibility index (Phi) is 3.38. The molecule has 0 aliphatic carbocycles. The van der Waals surface area contributed by atoms with Gasteiger partial charge in [-0.05, 0) is 36.5 Å². The van der Waals surface area contributed by atoms with E-state index in [4.69, 9.17) is 18.0 Å². The molecule has 1 saturated heterocycles. The zero-order valence-corrected chi connectivity index (χ0v) is 11.6. The molecule has 1 aliphatic rings. The fraction of sp³-hybridized carbons (Fsp3) is 0.500. The molecule has 1 aromatic carbocycles. The van der Waals surface area contributed by atoms with E-state index in [1.165, 1.54) is 11.3 Å². The van der Waals surface area contributed by atoms with Crippen molar-refractivity contribution in [2.45, 2.75) is 20.8 Å². The van der Waals surface area contributed by atoms with Gasteiger partial charge in [0, 0.05) is 24.3 Å². The number of nitrogens with two attached hydrogens (primary N) is 1. The summed E-state index contributed by atoms with van der Waals surface area (Å²) in [5.41, 5.74) is 9.27. The first-order valence-corrected chi connectivity index (χ1v) is 6.55. The third-order valence-electron chi connectivity index (χ3n) is 3.75. The molecule has 92 valence electrons. The number of aryl methyl sites for hydroxylation is 1. The summed E-state index contributed by atoms with van der Waals surface area (Å²) in [5, 5.41) is 0. The van der Waals surface area contributed by atoms with Crippen molar-refractivity contribution in [1.29, 1.82) is 0 Å². The zero-order valence-electron chi connectivity index (χ0n) is 10.7. The van der Waals surface area contributed by atoms with Crippen molar-refractivity contribution in [3.05, 3.63) is 29.3 Å². The molecule has 0 aromatic heterocycles. The molecule has 17 heavy (non-hydrogen) atoms. The Hall–Kier alpha value is -1.09. The minimum Gasteiger partial charge on any atom is -0.389 e. The minimum atomic E-state index is 0.493. The summed E-state index contributed by atoms with van der Waals surface area (Å²) in [6.07, 6.45) is 0. The van der Waals surface area contributed by atoms with Crippen molar-refractivity contribution >= 4 is 22.9 Å². The topological polar surface area (TPSA) is 29.3 Å². The van der Waals surface area contributed by atoms with E-state index in [1.807, 2.05) is 6.07 Å². The Morgan fingerprint density at radius 2 is 1.88 bits per heavy atom. The number of hydrogen-bond acceptors (Lipinski definition) is 2. The van der Waals surface area contributed by atoms with Crippen LogP contribution < -0.4 is 10.6 Å². The monoisotopic (exact) mass is 248 g/mol. The van der Waals surface area contributed by atoms with Crippen molar-refractivity contribution in [2.24, 2.45) is 17.6 Å². The van der Waals surface area contributed by atoms with Crippen LogP contribution in [0.2, 0.25) is 0 Å². The Bertz CT molecular complexity index is 432. The predicted octanol–water partition coefficient (Wildman–Crippen LogP) is 2.72. The fourth-order valence-electron chi connectivity index (χ4n) is 2.44. The van der Waals surface area contributed by atoms with Crippen LogP contribution in [-0.2, 0) is 0 Å². The van der Waals surface area contributed by atoms with E-state index in [0.29, 0.717) is 4.99 Å². The molecule has 2 atom stereocenters. The minimum absolute atomic E-state index is 0.493. The van der Waals surface area contributed by atoms with Crippen molar-refractivity contribution in [1.82, 2.24) is 0 Å². The van der Waals surface area contributed by atoms with E-state index in [2.05, 4.69) is 37.8 Å². The first kappa shape index (κ1) is 12.4. The second-order valence-electron chi connectivity index (χ2n) is 5.24. The average molecular weight is 248 g/mol. The van der Waals surface area contributed by atoms with Gasteiger partial charge in [-0.2, -0.15) is 0 Å². The van der Waals surface area contributed by atoms with Gasteiger partial charge in [-0.15, -0.1) is 0 Å². The van der Waals surface area contributed by atoms with Gasteiger partial charge in [0.15, 0.2) is 0 Å². The van der Waals surface area contributed by atoms with Crippen LogP contribution in [-0.4, -0.2) is 18.1 Å². The van der Waals surface area contributed by atoms with E-state index in [-0.39, 0.29) is 0 Å². The summed E-state index contributed by atoms with van der Waals surface area (Å²) < 4.78 is 0. The second kappa shape index (κ2) is 4.65. The van der Waals surface area contributed by atoms with Crippen LogP contribution in [0, 0.1) is 18.8 Å². The number of nitrogens with zero attached hydrogens (tertiary/aromatic N) is 1. The molecule has 0 amide bonds. The Morgan fingerprint density at radius 1 is 1.29 bits per heavy atom. The molecule has 0 bridgehead atoms. The molecule has 2 nitrogen and oxygen atoms in total. The molecular weight excluding hydrogens is 228 g/mol. The number of hydrogen-bond donors (Lipinski definition) is 1. The summed E-state index contributed by atoms with van der Waals surface area (Å²) in [4.78, 5) is 2.91. The average Bonchev–Trinajstić information content (AvgIpc) is 2.58. The highest BCUT2D eigenvalue weighted by Gasteiger charge is 2.27. The molecule has 1 heterocycles. The molecule has 2 N–H and O–H groups in total. The van der Waals surface area contributed by atoms with Crippen LogP contribution in [0.25, 0.3) is 0 Å². The fourth-order valence-corrected chi connectivity index (χ4v) is 2.61. The summed E-state index contributed by atoms with van der Waals surface area (Å²) in [5.74, 6) is 1.46. The lowest BCUT2D eigenvalue weighted by atomic mass is 10.0. The SMILES string of the molecule is Cc1ccc(C(N)=S)c(N2CC(C)C(C)C2)c1. The van der Waals surface area contributed by atoms with Gasteiger partial charge in [0.1, 0.15) is 4.99 Å². The quantitative estimate of drug-likeness (QED) is 0.816. The Morgan fingerprint density at radius 3 is 2.41 bits per heavy atom. The lowest BCUT2D eigenvalue weighted by Gasteiger charge is -2.22. The summed E-state index contributed by atoms with van der Waals surface area (Å²) in [6, 6.07) is 6.31. The van der Waals surface area contributed by atoms with E-state index in [9.17, 15) is 0 Å². The molecule has 3 heteroatoms. The number of anilines is 1. The van der Waals surface area contributed by atoms with Gasteiger partial charge in [-0.1, -0.05) is 32.1 Å². The molecule has 2 unspecified atom stereocenters. The zero-order chi connectivity index (χ0) is 12.6.